The van der Waals surface area contributed by atoms with Crippen LogP contribution in [0.25, 0.3) is 0 Å². The topological polar surface area (TPSA) is 44.8 Å². The molecule has 3 rings (SSSR count). The molecule has 0 spiro atoms. The van der Waals surface area contributed by atoms with E-state index in [-0.39, 0.29) is 24.3 Å². The molecule has 1 atom stereocenters. The van der Waals surface area contributed by atoms with Gasteiger partial charge in [-0.1, -0.05) is 43.3 Å². The predicted molar refractivity (Wildman–Crippen MR) is 107 cm³/mol. The summed E-state index contributed by atoms with van der Waals surface area (Å²) < 4.78 is 18.0. The summed E-state index contributed by atoms with van der Waals surface area (Å²) in [4.78, 5) is 12.8. The van der Waals surface area contributed by atoms with Gasteiger partial charge in [0.1, 0.15) is 6.61 Å². The third-order valence-electron chi connectivity index (χ3n) is 6.53. The summed E-state index contributed by atoms with van der Waals surface area (Å²) in [5.41, 5.74) is 1.04. The molecule has 1 heterocycles. The molecular formula is C22H31BO4. The number of hydrogen-bond acceptors (Lipinski definition) is 4. The van der Waals surface area contributed by atoms with Gasteiger partial charge in [0.05, 0.1) is 16.6 Å². The van der Waals surface area contributed by atoms with Gasteiger partial charge in [-0.3, -0.25) is 4.79 Å². The zero-order chi connectivity index (χ0) is 19.7. The molecule has 146 valence electrons. The molecule has 27 heavy (non-hydrogen) atoms. The summed E-state index contributed by atoms with van der Waals surface area (Å²) in [5, 5.41) is 0. The van der Waals surface area contributed by atoms with E-state index >= 15 is 0 Å². The standard InChI is InChI=1S/C22H31BO4/c1-6-22(19(24)25-16-17-10-8-7-9-11-17)14-12-18(13-15-22)23-26-20(2,3)21(4,5)27-23/h7-12H,6,13-16H2,1-5H3. The Bertz CT molecular complexity index is 694. The van der Waals surface area contributed by atoms with Crippen molar-refractivity contribution in [1.82, 2.24) is 0 Å². The molecule has 0 bridgehead atoms. The maximum absolute atomic E-state index is 12.8. The maximum atomic E-state index is 12.8. The Balaban J connectivity index is 1.65. The Kier molecular flexibility index (Phi) is 5.55. The first-order chi connectivity index (χ1) is 12.7. The van der Waals surface area contributed by atoms with Gasteiger partial charge < -0.3 is 14.0 Å². The molecule has 1 saturated heterocycles. The lowest BCUT2D eigenvalue weighted by Crippen LogP contribution is -2.41. The zero-order valence-corrected chi connectivity index (χ0v) is 17.2. The highest BCUT2D eigenvalue weighted by Crippen LogP contribution is 2.44. The van der Waals surface area contributed by atoms with Gasteiger partial charge in [-0.05, 0) is 64.4 Å². The first-order valence-electron chi connectivity index (χ1n) is 9.95. The Morgan fingerprint density at radius 1 is 1.11 bits per heavy atom. The second-order valence-corrected chi connectivity index (χ2v) is 8.77. The number of esters is 1. The molecule has 1 aliphatic heterocycles. The predicted octanol–water partition coefficient (Wildman–Crippen LogP) is 4.87. The molecule has 0 amide bonds. The van der Waals surface area contributed by atoms with Gasteiger partial charge in [0, 0.05) is 0 Å². The van der Waals surface area contributed by atoms with E-state index in [9.17, 15) is 4.79 Å². The van der Waals surface area contributed by atoms with E-state index < -0.39 is 5.41 Å². The van der Waals surface area contributed by atoms with Crippen molar-refractivity contribution in [3.63, 3.8) is 0 Å². The average molecular weight is 370 g/mol. The Morgan fingerprint density at radius 3 is 2.26 bits per heavy atom. The summed E-state index contributed by atoms with van der Waals surface area (Å²) in [7, 11) is -0.315. The summed E-state index contributed by atoms with van der Waals surface area (Å²) in [6.45, 7) is 10.6. The third kappa shape index (κ3) is 3.99. The van der Waals surface area contributed by atoms with Crippen LogP contribution < -0.4 is 0 Å². The van der Waals surface area contributed by atoms with Crippen LogP contribution >= 0.6 is 0 Å². The van der Waals surface area contributed by atoms with Crippen LogP contribution in [0.1, 0.15) is 65.9 Å². The summed E-state index contributed by atoms with van der Waals surface area (Å²) in [6.07, 6.45) is 5.15. The van der Waals surface area contributed by atoms with Gasteiger partial charge in [-0.25, -0.2) is 0 Å². The van der Waals surface area contributed by atoms with E-state index in [1.54, 1.807) is 0 Å². The molecule has 1 aromatic rings. The number of allylic oxidation sites excluding steroid dienone is 2. The van der Waals surface area contributed by atoms with Gasteiger partial charge in [0.2, 0.25) is 0 Å². The highest BCUT2D eigenvalue weighted by molar-refractivity contribution is 6.54. The van der Waals surface area contributed by atoms with Crippen molar-refractivity contribution in [3.8, 4) is 0 Å². The van der Waals surface area contributed by atoms with Crippen molar-refractivity contribution in [3.05, 3.63) is 47.4 Å². The van der Waals surface area contributed by atoms with Crippen molar-refractivity contribution in [2.45, 2.75) is 78.1 Å². The van der Waals surface area contributed by atoms with Gasteiger partial charge >= 0.3 is 13.1 Å². The largest absolute Gasteiger partial charge is 0.490 e. The quantitative estimate of drug-likeness (QED) is 0.548. The Morgan fingerprint density at radius 2 is 1.74 bits per heavy atom. The molecule has 1 aliphatic carbocycles. The van der Waals surface area contributed by atoms with E-state index in [0.29, 0.717) is 13.0 Å². The summed E-state index contributed by atoms with van der Waals surface area (Å²) >= 11 is 0. The number of hydrogen-bond donors (Lipinski definition) is 0. The van der Waals surface area contributed by atoms with Gasteiger partial charge in [-0.2, -0.15) is 0 Å². The van der Waals surface area contributed by atoms with Crippen molar-refractivity contribution in [2.24, 2.45) is 5.41 Å². The lowest BCUT2D eigenvalue weighted by molar-refractivity contribution is -0.158. The number of carbonyl (C=O) groups excluding carboxylic acids is 1. The highest BCUT2D eigenvalue weighted by Gasteiger charge is 2.53. The van der Waals surface area contributed by atoms with E-state index in [1.165, 1.54) is 0 Å². The summed E-state index contributed by atoms with van der Waals surface area (Å²) in [6, 6.07) is 9.83. The van der Waals surface area contributed by atoms with Gasteiger partial charge in [0.25, 0.3) is 0 Å². The van der Waals surface area contributed by atoms with E-state index in [2.05, 4.69) is 40.7 Å². The second-order valence-electron chi connectivity index (χ2n) is 8.77. The molecule has 2 aliphatic rings. The van der Waals surface area contributed by atoms with Gasteiger partial charge in [0.15, 0.2) is 0 Å². The lowest BCUT2D eigenvalue weighted by atomic mass is 9.65. The monoisotopic (exact) mass is 370 g/mol. The molecular weight excluding hydrogens is 339 g/mol. The zero-order valence-electron chi connectivity index (χ0n) is 17.2. The number of rotatable bonds is 5. The van der Waals surface area contributed by atoms with Crippen molar-refractivity contribution in [1.29, 1.82) is 0 Å². The molecule has 5 heteroatoms. The molecule has 1 unspecified atom stereocenters. The normalized spacial score (nSPS) is 26.6. The molecule has 0 N–H and O–H groups in total. The van der Waals surface area contributed by atoms with Crippen LogP contribution in [0.15, 0.2) is 41.9 Å². The highest BCUT2D eigenvalue weighted by atomic mass is 16.7. The SMILES string of the molecule is CCC1(C(=O)OCc2ccccc2)CC=C(B2OC(C)(C)C(C)(C)O2)CC1. The minimum absolute atomic E-state index is 0.0990. The Hall–Kier alpha value is -1.59. The van der Waals surface area contributed by atoms with Crippen LogP contribution in [0.5, 0.6) is 0 Å². The molecule has 0 radical (unpaired) electrons. The molecule has 4 nitrogen and oxygen atoms in total. The first-order valence-corrected chi connectivity index (χ1v) is 9.95. The molecule has 0 aromatic heterocycles. The van der Waals surface area contributed by atoms with Crippen LogP contribution in [-0.2, 0) is 25.4 Å². The first kappa shape index (κ1) is 20.2. The van der Waals surface area contributed by atoms with Crippen LogP contribution in [0, 0.1) is 5.41 Å². The smallest absolute Gasteiger partial charge is 0.460 e. The number of carbonyl (C=O) groups is 1. The minimum Gasteiger partial charge on any atom is -0.460 e. The van der Waals surface area contributed by atoms with Crippen LogP contribution in [0.2, 0.25) is 0 Å². The van der Waals surface area contributed by atoms with Crippen molar-refractivity contribution < 1.29 is 18.8 Å². The fourth-order valence-corrected chi connectivity index (χ4v) is 3.65. The van der Waals surface area contributed by atoms with Crippen molar-refractivity contribution in [2.75, 3.05) is 0 Å². The summed E-state index contributed by atoms with van der Waals surface area (Å²) in [5.74, 6) is -0.0990. The van der Waals surface area contributed by atoms with Crippen LogP contribution in [-0.4, -0.2) is 24.3 Å². The lowest BCUT2D eigenvalue weighted by Gasteiger charge is -2.33. The Labute approximate surface area is 163 Å². The fraction of sp³-hybridized carbons (Fsp3) is 0.591. The second kappa shape index (κ2) is 7.44. The van der Waals surface area contributed by atoms with Crippen LogP contribution in [0.3, 0.4) is 0 Å². The van der Waals surface area contributed by atoms with Gasteiger partial charge in [-0.15, -0.1) is 0 Å². The van der Waals surface area contributed by atoms with Crippen LogP contribution in [0.4, 0.5) is 0 Å². The minimum atomic E-state index is -0.443. The third-order valence-corrected chi connectivity index (χ3v) is 6.53. The number of benzene rings is 1. The van der Waals surface area contributed by atoms with E-state index in [0.717, 1.165) is 30.3 Å². The van der Waals surface area contributed by atoms with E-state index in [1.807, 2.05) is 30.3 Å². The molecule has 1 aromatic carbocycles. The average Bonchev–Trinajstić information content (AvgIpc) is 2.88. The number of ether oxygens (including phenoxy) is 1. The van der Waals surface area contributed by atoms with Crippen molar-refractivity contribution >= 4 is 13.1 Å². The molecule has 0 saturated carbocycles. The molecule has 1 fully saturated rings. The maximum Gasteiger partial charge on any atom is 0.490 e. The van der Waals surface area contributed by atoms with E-state index in [4.69, 9.17) is 14.0 Å². The fourth-order valence-electron chi connectivity index (χ4n) is 3.65.